The lowest BCUT2D eigenvalue weighted by atomic mass is 9.96. The third kappa shape index (κ3) is 3.87. The van der Waals surface area contributed by atoms with Crippen molar-refractivity contribution in [2.75, 3.05) is 6.54 Å². The summed E-state index contributed by atoms with van der Waals surface area (Å²) in [6.45, 7) is 8.46. The molecule has 0 bridgehead atoms. The molecule has 114 valence electrons. The van der Waals surface area contributed by atoms with Gasteiger partial charge in [-0.3, -0.25) is 0 Å². The molecule has 2 aromatic rings. The van der Waals surface area contributed by atoms with E-state index in [1.807, 2.05) is 6.20 Å². The van der Waals surface area contributed by atoms with Crippen LogP contribution >= 0.6 is 0 Å². The molecule has 1 N–H and O–H groups in total. The van der Waals surface area contributed by atoms with Crippen LogP contribution in [0.1, 0.15) is 51.0 Å². The highest BCUT2D eigenvalue weighted by Crippen LogP contribution is 2.27. The van der Waals surface area contributed by atoms with Crippen molar-refractivity contribution in [3.8, 4) is 0 Å². The molecule has 0 radical (unpaired) electrons. The summed E-state index contributed by atoms with van der Waals surface area (Å²) in [6.07, 6.45) is 4.63. The molecule has 21 heavy (non-hydrogen) atoms. The second-order valence-corrected chi connectivity index (χ2v) is 6.74. The van der Waals surface area contributed by atoms with E-state index >= 15 is 0 Å². The van der Waals surface area contributed by atoms with Crippen molar-refractivity contribution in [3.63, 3.8) is 0 Å². The van der Waals surface area contributed by atoms with Crippen LogP contribution < -0.4 is 5.32 Å². The molecule has 3 rings (SSSR count). The van der Waals surface area contributed by atoms with E-state index in [0.29, 0.717) is 18.3 Å². The zero-order chi connectivity index (χ0) is 14.9. The van der Waals surface area contributed by atoms with Crippen LogP contribution in [0.4, 0.5) is 0 Å². The molecule has 7 nitrogen and oxygen atoms in total. The molecule has 1 saturated carbocycles. The number of aromatic nitrogens is 5. The van der Waals surface area contributed by atoms with Gasteiger partial charge in [0.1, 0.15) is 6.54 Å². The van der Waals surface area contributed by atoms with Gasteiger partial charge in [0.25, 0.3) is 0 Å². The van der Waals surface area contributed by atoms with Gasteiger partial charge in [-0.05, 0) is 25.3 Å². The van der Waals surface area contributed by atoms with E-state index in [4.69, 9.17) is 4.52 Å². The Bertz CT molecular complexity index is 593. The molecule has 0 spiro atoms. The van der Waals surface area contributed by atoms with Crippen LogP contribution in [-0.2, 0) is 18.5 Å². The summed E-state index contributed by atoms with van der Waals surface area (Å²) in [6, 6.07) is 0. The first kappa shape index (κ1) is 14.2. The SMILES string of the molecule is CC(C)(C)c1noc(Cn2cc(CNCC3CC3)nn2)n1. The van der Waals surface area contributed by atoms with Crippen LogP contribution in [0, 0.1) is 5.92 Å². The molecule has 0 unspecified atom stereocenters. The van der Waals surface area contributed by atoms with E-state index < -0.39 is 0 Å². The fourth-order valence-electron chi connectivity index (χ4n) is 1.99. The number of nitrogens with zero attached hydrogens (tertiary/aromatic N) is 5. The number of hydrogen-bond donors (Lipinski definition) is 1. The van der Waals surface area contributed by atoms with E-state index in [2.05, 4.69) is 46.5 Å². The average Bonchev–Trinajstić information content (AvgIpc) is 2.93. The van der Waals surface area contributed by atoms with E-state index in [1.54, 1.807) is 4.68 Å². The summed E-state index contributed by atoms with van der Waals surface area (Å²) in [5, 5.41) is 15.6. The molecule has 1 aliphatic rings. The van der Waals surface area contributed by atoms with Crippen LogP contribution in [0.15, 0.2) is 10.7 Å². The lowest BCUT2D eigenvalue weighted by Gasteiger charge is -2.10. The van der Waals surface area contributed by atoms with Crippen molar-refractivity contribution in [2.45, 2.75) is 52.1 Å². The van der Waals surface area contributed by atoms with Gasteiger partial charge >= 0.3 is 0 Å². The Kier molecular flexibility index (Phi) is 3.75. The Labute approximate surface area is 124 Å². The van der Waals surface area contributed by atoms with Gasteiger partial charge < -0.3 is 9.84 Å². The number of rotatable bonds is 6. The molecular weight excluding hydrogens is 268 g/mol. The molecule has 0 atom stereocenters. The van der Waals surface area contributed by atoms with Gasteiger partial charge in [-0.2, -0.15) is 4.98 Å². The largest absolute Gasteiger partial charge is 0.337 e. The number of hydrogen-bond acceptors (Lipinski definition) is 6. The second kappa shape index (κ2) is 5.55. The fraction of sp³-hybridized carbons (Fsp3) is 0.714. The molecule has 2 heterocycles. The smallest absolute Gasteiger partial charge is 0.248 e. The van der Waals surface area contributed by atoms with E-state index in [-0.39, 0.29) is 5.41 Å². The predicted octanol–water partition coefficient (Wildman–Crippen LogP) is 1.51. The van der Waals surface area contributed by atoms with E-state index in [1.165, 1.54) is 12.8 Å². The molecule has 1 aliphatic carbocycles. The maximum Gasteiger partial charge on any atom is 0.248 e. The molecule has 0 amide bonds. The Balaban J connectivity index is 1.54. The van der Waals surface area contributed by atoms with Crippen LogP contribution in [0.5, 0.6) is 0 Å². The minimum atomic E-state index is -0.109. The van der Waals surface area contributed by atoms with Crippen molar-refractivity contribution in [2.24, 2.45) is 5.92 Å². The quantitative estimate of drug-likeness (QED) is 0.868. The van der Waals surface area contributed by atoms with Gasteiger partial charge in [0.2, 0.25) is 5.89 Å². The molecule has 0 aliphatic heterocycles. The Morgan fingerprint density at radius 1 is 1.38 bits per heavy atom. The first-order chi connectivity index (χ1) is 10.0. The lowest BCUT2D eigenvalue weighted by molar-refractivity contribution is 0.352. The summed E-state index contributed by atoms with van der Waals surface area (Å²) < 4.78 is 6.99. The summed E-state index contributed by atoms with van der Waals surface area (Å²) >= 11 is 0. The van der Waals surface area contributed by atoms with E-state index in [0.717, 1.165) is 24.7 Å². The average molecular weight is 290 g/mol. The van der Waals surface area contributed by atoms with Gasteiger partial charge in [0.15, 0.2) is 5.82 Å². The highest BCUT2D eigenvalue weighted by Gasteiger charge is 2.21. The molecule has 2 aromatic heterocycles. The maximum atomic E-state index is 5.26. The zero-order valence-corrected chi connectivity index (χ0v) is 12.8. The number of nitrogens with one attached hydrogen (secondary N) is 1. The first-order valence-electron chi connectivity index (χ1n) is 7.43. The zero-order valence-electron chi connectivity index (χ0n) is 12.8. The highest BCUT2D eigenvalue weighted by atomic mass is 16.5. The van der Waals surface area contributed by atoms with Gasteiger partial charge in [0.05, 0.1) is 11.9 Å². The van der Waals surface area contributed by atoms with Crippen molar-refractivity contribution in [1.29, 1.82) is 0 Å². The van der Waals surface area contributed by atoms with Crippen LogP contribution in [-0.4, -0.2) is 31.7 Å². The van der Waals surface area contributed by atoms with Crippen molar-refractivity contribution < 1.29 is 4.52 Å². The monoisotopic (exact) mass is 290 g/mol. The molecule has 7 heteroatoms. The third-order valence-corrected chi connectivity index (χ3v) is 3.46. The normalized spacial score (nSPS) is 15.6. The summed E-state index contributed by atoms with van der Waals surface area (Å²) in [7, 11) is 0. The Morgan fingerprint density at radius 3 is 2.86 bits per heavy atom. The van der Waals surface area contributed by atoms with Gasteiger partial charge in [-0.15, -0.1) is 5.10 Å². The fourth-order valence-corrected chi connectivity index (χ4v) is 1.99. The van der Waals surface area contributed by atoms with Gasteiger partial charge in [0, 0.05) is 12.0 Å². The second-order valence-electron chi connectivity index (χ2n) is 6.74. The van der Waals surface area contributed by atoms with Crippen molar-refractivity contribution >= 4 is 0 Å². The van der Waals surface area contributed by atoms with Crippen LogP contribution in [0.2, 0.25) is 0 Å². The first-order valence-corrected chi connectivity index (χ1v) is 7.43. The van der Waals surface area contributed by atoms with Crippen LogP contribution in [0.25, 0.3) is 0 Å². The highest BCUT2D eigenvalue weighted by molar-refractivity contribution is 5.00. The Morgan fingerprint density at radius 2 is 2.19 bits per heavy atom. The summed E-state index contributed by atoms with van der Waals surface area (Å²) in [5.41, 5.74) is 0.827. The predicted molar refractivity (Wildman–Crippen MR) is 76.6 cm³/mol. The summed E-state index contributed by atoms with van der Waals surface area (Å²) in [5.74, 6) is 2.14. The molecular formula is C14H22N6O. The van der Waals surface area contributed by atoms with Gasteiger partial charge in [-0.25, -0.2) is 4.68 Å². The Hall–Kier alpha value is -1.76. The van der Waals surface area contributed by atoms with Crippen LogP contribution in [0.3, 0.4) is 0 Å². The lowest BCUT2D eigenvalue weighted by Crippen LogP contribution is -2.16. The standard InChI is InChI=1S/C14H22N6O/c1-14(2,3)13-16-12(21-18-13)9-20-8-11(17-19-20)7-15-6-10-4-5-10/h8,10,15H,4-7,9H2,1-3H3. The minimum Gasteiger partial charge on any atom is -0.337 e. The molecule has 1 fully saturated rings. The molecule has 0 aromatic carbocycles. The maximum absolute atomic E-state index is 5.26. The van der Waals surface area contributed by atoms with Gasteiger partial charge in [-0.1, -0.05) is 31.1 Å². The van der Waals surface area contributed by atoms with Crippen molar-refractivity contribution in [1.82, 2.24) is 30.5 Å². The van der Waals surface area contributed by atoms with Crippen molar-refractivity contribution in [3.05, 3.63) is 23.6 Å². The molecule has 0 saturated heterocycles. The minimum absolute atomic E-state index is 0.109. The summed E-state index contributed by atoms with van der Waals surface area (Å²) in [4.78, 5) is 4.40. The topological polar surface area (TPSA) is 81.7 Å². The third-order valence-electron chi connectivity index (χ3n) is 3.46. The van der Waals surface area contributed by atoms with E-state index in [9.17, 15) is 0 Å².